The third-order valence-electron chi connectivity index (χ3n) is 6.63. The van der Waals surface area contributed by atoms with Gasteiger partial charge in [-0.05, 0) is 17.5 Å². The van der Waals surface area contributed by atoms with Gasteiger partial charge in [-0.2, -0.15) is 0 Å². The number of nitrogens with one attached hydrogen (secondary N) is 1. The summed E-state index contributed by atoms with van der Waals surface area (Å²) in [6.07, 6.45) is 5.55. The fourth-order valence-electron chi connectivity index (χ4n) is 4.55. The molecule has 0 radical (unpaired) electrons. The Bertz CT molecular complexity index is 1050. The van der Waals surface area contributed by atoms with Crippen molar-refractivity contribution < 1.29 is 14.3 Å². The van der Waals surface area contributed by atoms with Crippen molar-refractivity contribution in [3.8, 4) is 0 Å². The molecule has 37 heavy (non-hydrogen) atoms. The number of amides is 2. The Kier molecular flexibility index (Phi) is 10.2. The number of carbonyl (C=O) groups excluding carboxylic acids is 2. The van der Waals surface area contributed by atoms with E-state index in [1.54, 1.807) is 11.1 Å². The van der Waals surface area contributed by atoms with Crippen molar-refractivity contribution in [1.82, 2.24) is 25.1 Å². The van der Waals surface area contributed by atoms with E-state index in [1.807, 2.05) is 36.4 Å². The fraction of sp³-hybridized carbons (Fsp3) is 0.379. The van der Waals surface area contributed by atoms with E-state index < -0.39 is 0 Å². The largest absolute Gasteiger partial charge is 0.379 e. The molecular weight excluding hydrogens is 466 g/mol. The van der Waals surface area contributed by atoms with Gasteiger partial charge in [-0.1, -0.05) is 60.7 Å². The fourth-order valence-corrected chi connectivity index (χ4v) is 4.55. The van der Waals surface area contributed by atoms with E-state index in [1.165, 1.54) is 23.5 Å². The quantitative estimate of drug-likeness (QED) is 0.411. The van der Waals surface area contributed by atoms with Crippen molar-refractivity contribution in [2.45, 2.75) is 18.8 Å². The van der Waals surface area contributed by atoms with Gasteiger partial charge >= 0.3 is 0 Å². The van der Waals surface area contributed by atoms with E-state index >= 15 is 0 Å². The van der Waals surface area contributed by atoms with Crippen molar-refractivity contribution >= 4 is 11.8 Å². The lowest BCUT2D eigenvalue weighted by Crippen LogP contribution is -2.44. The molecule has 4 rings (SSSR count). The first-order valence-electron chi connectivity index (χ1n) is 12.9. The summed E-state index contributed by atoms with van der Waals surface area (Å²) in [6.45, 7) is 5.22. The van der Waals surface area contributed by atoms with Crippen molar-refractivity contribution in [2.75, 3.05) is 52.5 Å². The van der Waals surface area contributed by atoms with Crippen LogP contribution < -0.4 is 5.32 Å². The molecule has 1 aliphatic heterocycles. The van der Waals surface area contributed by atoms with Crippen LogP contribution in [0.4, 0.5) is 0 Å². The van der Waals surface area contributed by atoms with Gasteiger partial charge in [-0.15, -0.1) is 0 Å². The smallest absolute Gasteiger partial charge is 0.274 e. The van der Waals surface area contributed by atoms with Crippen LogP contribution in [0.15, 0.2) is 79.3 Å². The van der Waals surface area contributed by atoms with Gasteiger partial charge in [-0.25, -0.2) is 4.98 Å². The summed E-state index contributed by atoms with van der Waals surface area (Å²) in [5.41, 5.74) is 2.75. The molecule has 1 aromatic heterocycles. The van der Waals surface area contributed by atoms with E-state index in [0.29, 0.717) is 38.5 Å². The monoisotopic (exact) mass is 501 g/mol. The Balaban J connectivity index is 1.31. The normalized spacial score (nSPS) is 13.9. The second-order valence-corrected chi connectivity index (χ2v) is 9.10. The molecule has 194 valence electrons. The highest BCUT2D eigenvalue weighted by molar-refractivity contribution is 5.92. The van der Waals surface area contributed by atoms with Gasteiger partial charge < -0.3 is 15.0 Å². The standard InChI is InChI=1S/C29H35N5O3/c35-28(32-13-11-26(24-7-3-1-4-8-24)25-9-5-2-6-10-25)12-16-34(18-17-33-19-21-37-22-20-33)29(36)27-23-30-14-15-31-27/h1-10,14-15,23,26H,11-13,16-22H2,(H,32,35). The predicted molar refractivity (Wildman–Crippen MR) is 142 cm³/mol. The van der Waals surface area contributed by atoms with E-state index in [2.05, 4.69) is 44.5 Å². The van der Waals surface area contributed by atoms with Crippen LogP contribution in [0.2, 0.25) is 0 Å². The first kappa shape index (κ1) is 26.4. The van der Waals surface area contributed by atoms with E-state index in [-0.39, 0.29) is 24.2 Å². The number of rotatable bonds is 12. The van der Waals surface area contributed by atoms with Crippen LogP contribution in [-0.4, -0.2) is 84.1 Å². The minimum absolute atomic E-state index is 0.0665. The van der Waals surface area contributed by atoms with Crippen LogP contribution in [0.1, 0.15) is 40.4 Å². The lowest BCUT2D eigenvalue weighted by atomic mass is 9.88. The van der Waals surface area contributed by atoms with Crippen molar-refractivity contribution in [3.05, 3.63) is 96.1 Å². The van der Waals surface area contributed by atoms with Crippen molar-refractivity contribution in [3.63, 3.8) is 0 Å². The second kappa shape index (κ2) is 14.2. The summed E-state index contributed by atoms with van der Waals surface area (Å²) in [7, 11) is 0. The van der Waals surface area contributed by atoms with Crippen LogP contribution in [0.3, 0.4) is 0 Å². The summed E-state index contributed by atoms with van der Waals surface area (Å²) in [6, 6.07) is 20.7. The van der Waals surface area contributed by atoms with Crippen LogP contribution in [0, 0.1) is 0 Å². The van der Waals surface area contributed by atoms with E-state index in [0.717, 1.165) is 26.1 Å². The Labute approximate surface area is 218 Å². The first-order chi connectivity index (χ1) is 18.2. The molecule has 2 aromatic carbocycles. The lowest BCUT2D eigenvalue weighted by Gasteiger charge is -2.30. The summed E-state index contributed by atoms with van der Waals surface area (Å²) in [5, 5.41) is 3.06. The lowest BCUT2D eigenvalue weighted by molar-refractivity contribution is -0.121. The maximum atomic E-state index is 13.1. The van der Waals surface area contributed by atoms with Crippen LogP contribution >= 0.6 is 0 Å². The maximum Gasteiger partial charge on any atom is 0.274 e. The molecule has 0 saturated carbocycles. The number of hydrogen-bond acceptors (Lipinski definition) is 6. The number of carbonyl (C=O) groups is 2. The number of benzene rings is 2. The molecule has 8 nitrogen and oxygen atoms in total. The van der Waals surface area contributed by atoms with E-state index in [9.17, 15) is 9.59 Å². The van der Waals surface area contributed by atoms with Gasteiger partial charge in [0, 0.05) is 64.0 Å². The van der Waals surface area contributed by atoms with Gasteiger partial charge in [0.1, 0.15) is 5.69 Å². The molecule has 1 fully saturated rings. The molecule has 3 aromatic rings. The summed E-state index contributed by atoms with van der Waals surface area (Å²) in [4.78, 5) is 38.0. The second-order valence-electron chi connectivity index (χ2n) is 9.10. The number of aromatic nitrogens is 2. The SMILES string of the molecule is O=C(CCN(CCN1CCOCC1)C(=O)c1cnccn1)NCCC(c1ccccc1)c1ccccc1. The summed E-state index contributed by atoms with van der Waals surface area (Å²) >= 11 is 0. The topological polar surface area (TPSA) is 87.7 Å². The molecular formula is C29H35N5O3. The third kappa shape index (κ3) is 8.20. The first-order valence-corrected chi connectivity index (χ1v) is 12.9. The number of ether oxygens (including phenoxy) is 1. The van der Waals surface area contributed by atoms with Gasteiger partial charge in [0.15, 0.2) is 0 Å². The molecule has 2 heterocycles. The van der Waals surface area contributed by atoms with E-state index in [4.69, 9.17) is 4.74 Å². The minimum atomic E-state index is -0.206. The van der Waals surface area contributed by atoms with Crippen LogP contribution in [-0.2, 0) is 9.53 Å². The van der Waals surface area contributed by atoms with Gasteiger partial charge in [0.2, 0.25) is 5.91 Å². The highest BCUT2D eigenvalue weighted by atomic mass is 16.5. The molecule has 1 saturated heterocycles. The number of hydrogen-bond donors (Lipinski definition) is 1. The molecule has 1 N–H and O–H groups in total. The van der Waals surface area contributed by atoms with Gasteiger partial charge in [-0.3, -0.25) is 19.5 Å². The van der Waals surface area contributed by atoms with Crippen molar-refractivity contribution in [2.24, 2.45) is 0 Å². The maximum absolute atomic E-state index is 13.1. The zero-order valence-corrected chi connectivity index (χ0v) is 21.2. The van der Waals surface area contributed by atoms with Crippen molar-refractivity contribution in [1.29, 1.82) is 0 Å². The Hall–Kier alpha value is -3.62. The summed E-state index contributed by atoms with van der Waals surface area (Å²) < 4.78 is 5.42. The predicted octanol–water partition coefficient (Wildman–Crippen LogP) is 2.98. The molecule has 0 spiro atoms. The highest BCUT2D eigenvalue weighted by Gasteiger charge is 2.20. The average molecular weight is 502 g/mol. The zero-order valence-electron chi connectivity index (χ0n) is 21.2. The Morgan fingerprint density at radius 2 is 1.62 bits per heavy atom. The van der Waals surface area contributed by atoms with Crippen LogP contribution in [0.5, 0.6) is 0 Å². The highest BCUT2D eigenvalue weighted by Crippen LogP contribution is 2.27. The minimum Gasteiger partial charge on any atom is -0.379 e. The number of nitrogens with zero attached hydrogens (tertiary/aromatic N) is 4. The van der Waals surface area contributed by atoms with Crippen LogP contribution in [0.25, 0.3) is 0 Å². The Morgan fingerprint density at radius 3 is 2.24 bits per heavy atom. The molecule has 8 heteroatoms. The average Bonchev–Trinajstić information content (AvgIpc) is 2.97. The molecule has 1 aliphatic rings. The molecule has 2 amide bonds. The number of morpholine rings is 1. The molecule has 0 bridgehead atoms. The van der Waals surface area contributed by atoms with Gasteiger partial charge in [0.05, 0.1) is 19.4 Å². The van der Waals surface area contributed by atoms with Gasteiger partial charge in [0.25, 0.3) is 5.91 Å². The zero-order chi connectivity index (χ0) is 25.7. The summed E-state index contributed by atoms with van der Waals surface area (Å²) in [5.74, 6) is -0.0727. The third-order valence-corrected chi connectivity index (χ3v) is 6.63. The Morgan fingerprint density at radius 1 is 0.946 bits per heavy atom. The molecule has 0 unspecified atom stereocenters. The molecule has 0 atom stereocenters. The molecule has 0 aliphatic carbocycles.